The van der Waals surface area contributed by atoms with Crippen LogP contribution in [0.2, 0.25) is 0 Å². The fourth-order valence-electron chi connectivity index (χ4n) is 3.77. The summed E-state index contributed by atoms with van der Waals surface area (Å²) in [4.78, 5) is 26.1. The maximum Gasteiger partial charge on any atom is 0.313 e. The van der Waals surface area contributed by atoms with E-state index in [2.05, 4.69) is 27.7 Å². The maximum absolute atomic E-state index is 13.2. The van der Waals surface area contributed by atoms with Gasteiger partial charge in [-0.2, -0.15) is 0 Å². The van der Waals surface area contributed by atoms with Gasteiger partial charge in [0.2, 0.25) is 5.12 Å². The standard InChI is InChI=1S/C23H36O3S/c1-6-9-15-20(27-21(24)19-13-11-10-12-14-19)23(16-7-2,17-18(4)5)22(25)26-8-3/h10-14,18,20H,6-9,15-17H2,1-5H3. The summed E-state index contributed by atoms with van der Waals surface area (Å²) in [5.41, 5.74) is 0.0891. The fourth-order valence-corrected chi connectivity index (χ4v) is 5.12. The molecule has 1 rings (SSSR count). The number of ether oxygens (including phenoxy) is 1. The van der Waals surface area contributed by atoms with Gasteiger partial charge in [-0.15, -0.1) is 0 Å². The van der Waals surface area contributed by atoms with Gasteiger partial charge in [-0.3, -0.25) is 9.59 Å². The largest absolute Gasteiger partial charge is 0.466 e. The summed E-state index contributed by atoms with van der Waals surface area (Å²) in [6, 6.07) is 9.37. The molecule has 0 amide bonds. The van der Waals surface area contributed by atoms with Crippen LogP contribution in [0.1, 0.15) is 83.5 Å². The quantitative estimate of drug-likeness (QED) is 0.380. The second-order valence-electron chi connectivity index (χ2n) is 7.63. The number of benzene rings is 1. The van der Waals surface area contributed by atoms with E-state index in [0.29, 0.717) is 18.1 Å². The van der Waals surface area contributed by atoms with Crippen molar-refractivity contribution < 1.29 is 14.3 Å². The van der Waals surface area contributed by atoms with Crippen molar-refractivity contribution in [3.8, 4) is 0 Å². The van der Waals surface area contributed by atoms with E-state index >= 15 is 0 Å². The summed E-state index contributed by atoms with van der Waals surface area (Å²) >= 11 is 1.34. The molecule has 0 saturated carbocycles. The van der Waals surface area contributed by atoms with Crippen molar-refractivity contribution in [3.05, 3.63) is 35.9 Å². The van der Waals surface area contributed by atoms with E-state index in [0.717, 1.165) is 38.5 Å². The van der Waals surface area contributed by atoms with Crippen LogP contribution in [0.5, 0.6) is 0 Å². The molecular formula is C23H36O3S. The highest BCUT2D eigenvalue weighted by atomic mass is 32.2. The summed E-state index contributed by atoms with van der Waals surface area (Å²) in [6.45, 7) is 10.8. The molecule has 1 aromatic carbocycles. The molecule has 27 heavy (non-hydrogen) atoms. The van der Waals surface area contributed by atoms with Crippen molar-refractivity contribution in [3.63, 3.8) is 0 Å². The highest BCUT2D eigenvalue weighted by Crippen LogP contribution is 2.45. The molecule has 0 N–H and O–H groups in total. The van der Waals surface area contributed by atoms with Crippen molar-refractivity contribution in [2.24, 2.45) is 11.3 Å². The summed E-state index contributed by atoms with van der Waals surface area (Å²) in [6.07, 6.45) is 5.31. The van der Waals surface area contributed by atoms with Crippen LogP contribution in [-0.4, -0.2) is 22.9 Å². The van der Waals surface area contributed by atoms with Crippen LogP contribution >= 0.6 is 11.8 Å². The van der Waals surface area contributed by atoms with E-state index in [4.69, 9.17) is 4.74 Å². The Kier molecular flexibility index (Phi) is 10.8. The predicted molar refractivity (Wildman–Crippen MR) is 115 cm³/mol. The molecule has 1 aromatic rings. The van der Waals surface area contributed by atoms with Gasteiger partial charge >= 0.3 is 5.97 Å². The molecule has 0 fully saturated rings. The number of unbranched alkanes of at least 4 members (excludes halogenated alkanes) is 1. The Morgan fingerprint density at radius 2 is 1.74 bits per heavy atom. The maximum atomic E-state index is 13.2. The Morgan fingerprint density at radius 1 is 1.07 bits per heavy atom. The van der Waals surface area contributed by atoms with Gasteiger partial charge in [0.25, 0.3) is 0 Å². The predicted octanol–water partition coefficient (Wildman–Crippen LogP) is 6.51. The van der Waals surface area contributed by atoms with Crippen LogP contribution in [0.25, 0.3) is 0 Å². The van der Waals surface area contributed by atoms with Crippen molar-refractivity contribution in [2.75, 3.05) is 6.61 Å². The third-order valence-electron chi connectivity index (χ3n) is 4.85. The molecule has 0 aromatic heterocycles. The van der Waals surface area contributed by atoms with Gasteiger partial charge in [0.05, 0.1) is 12.0 Å². The molecule has 0 heterocycles. The third-order valence-corrected chi connectivity index (χ3v) is 6.27. The van der Waals surface area contributed by atoms with Gasteiger partial charge in [0, 0.05) is 10.8 Å². The highest BCUT2D eigenvalue weighted by molar-refractivity contribution is 8.14. The lowest BCUT2D eigenvalue weighted by atomic mass is 9.72. The monoisotopic (exact) mass is 392 g/mol. The molecule has 2 atom stereocenters. The average molecular weight is 393 g/mol. The van der Waals surface area contributed by atoms with Crippen LogP contribution < -0.4 is 0 Å². The Morgan fingerprint density at radius 3 is 2.26 bits per heavy atom. The topological polar surface area (TPSA) is 43.4 Å². The van der Waals surface area contributed by atoms with Crippen molar-refractivity contribution >= 4 is 22.8 Å². The van der Waals surface area contributed by atoms with Gasteiger partial charge < -0.3 is 4.74 Å². The number of esters is 1. The molecule has 0 saturated heterocycles. The van der Waals surface area contributed by atoms with E-state index in [9.17, 15) is 9.59 Å². The zero-order valence-corrected chi connectivity index (χ0v) is 18.4. The lowest BCUT2D eigenvalue weighted by Gasteiger charge is -2.39. The van der Waals surface area contributed by atoms with Crippen LogP contribution in [0.4, 0.5) is 0 Å². The first-order valence-electron chi connectivity index (χ1n) is 10.3. The van der Waals surface area contributed by atoms with Gasteiger partial charge in [0.1, 0.15) is 0 Å². The molecule has 0 aliphatic rings. The van der Waals surface area contributed by atoms with E-state index in [1.807, 2.05) is 37.3 Å². The number of thioether (sulfide) groups is 1. The molecule has 0 spiro atoms. The Labute approximate surface area is 169 Å². The van der Waals surface area contributed by atoms with Crippen molar-refractivity contribution in [1.29, 1.82) is 0 Å². The van der Waals surface area contributed by atoms with Gasteiger partial charge in [0.15, 0.2) is 0 Å². The Hall–Kier alpha value is -1.29. The normalized spacial score (nSPS) is 14.6. The minimum absolute atomic E-state index is 0.0465. The molecule has 0 bridgehead atoms. The molecular weight excluding hydrogens is 356 g/mol. The minimum atomic E-state index is -0.608. The number of rotatable bonds is 12. The molecule has 3 nitrogen and oxygen atoms in total. The van der Waals surface area contributed by atoms with Gasteiger partial charge in [-0.1, -0.05) is 89.1 Å². The SMILES string of the molecule is CCCCC(SC(=O)c1ccccc1)C(CCC)(CC(C)C)C(=O)OCC. The van der Waals surface area contributed by atoms with Crippen molar-refractivity contribution in [1.82, 2.24) is 0 Å². The second-order valence-corrected chi connectivity index (χ2v) is 8.80. The van der Waals surface area contributed by atoms with Gasteiger partial charge in [-0.05, 0) is 32.1 Å². The van der Waals surface area contributed by atoms with E-state index < -0.39 is 5.41 Å². The summed E-state index contributed by atoms with van der Waals surface area (Å²) in [7, 11) is 0. The van der Waals surface area contributed by atoms with Gasteiger partial charge in [-0.25, -0.2) is 0 Å². The van der Waals surface area contributed by atoms with Crippen LogP contribution in [0.15, 0.2) is 30.3 Å². The molecule has 4 heteroatoms. The van der Waals surface area contributed by atoms with E-state index in [1.54, 1.807) is 0 Å². The minimum Gasteiger partial charge on any atom is -0.466 e. The number of hydrogen-bond donors (Lipinski definition) is 0. The van der Waals surface area contributed by atoms with Crippen LogP contribution in [0, 0.1) is 11.3 Å². The lowest BCUT2D eigenvalue weighted by Crippen LogP contribution is -2.44. The summed E-state index contributed by atoms with van der Waals surface area (Å²) in [5.74, 6) is 0.229. The molecule has 0 aliphatic heterocycles. The first-order chi connectivity index (χ1) is 12.9. The van der Waals surface area contributed by atoms with Crippen molar-refractivity contribution in [2.45, 2.75) is 78.4 Å². The zero-order valence-electron chi connectivity index (χ0n) is 17.6. The summed E-state index contributed by atoms with van der Waals surface area (Å²) in [5, 5.41) is -0.0169. The Bertz CT molecular complexity index is 570. The zero-order chi connectivity index (χ0) is 20.3. The molecule has 0 aliphatic carbocycles. The average Bonchev–Trinajstić information content (AvgIpc) is 2.65. The first-order valence-corrected chi connectivity index (χ1v) is 11.2. The van der Waals surface area contributed by atoms with Crippen LogP contribution in [0.3, 0.4) is 0 Å². The van der Waals surface area contributed by atoms with E-state index in [1.165, 1.54) is 11.8 Å². The van der Waals surface area contributed by atoms with E-state index in [-0.39, 0.29) is 16.3 Å². The number of carbonyl (C=O) groups excluding carboxylic acids is 2. The first kappa shape index (κ1) is 23.7. The number of hydrogen-bond acceptors (Lipinski definition) is 4. The third kappa shape index (κ3) is 6.99. The smallest absolute Gasteiger partial charge is 0.313 e. The molecule has 152 valence electrons. The lowest BCUT2D eigenvalue weighted by molar-refractivity contribution is -0.157. The molecule has 0 radical (unpaired) electrons. The summed E-state index contributed by atoms with van der Waals surface area (Å²) < 4.78 is 5.55. The highest BCUT2D eigenvalue weighted by Gasteiger charge is 2.47. The second kappa shape index (κ2) is 12.2. The number of carbonyl (C=O) groups is 2. The molecule has 2 unspecified atom stereocenters. The Balaban J connectivity index is 3.26. The fraction of sp³-hybridized carbons (Fsp3) is 0.652. The van der Waals surface area contributed by atoms with Crippen LogP contribution in [-0.2, 0) is 9.53 Å².